The minimum absolute atomic E-state index is 0.0139. The molecule has 3 rings (SSSR count). The quantitative estimate of drug-likeness (QED) is 0.557. The fourth-order valence-electron chi connectivity index (χ4n) is 3.65. The summed E-state index contributed by atoms with van der Waals surface area (Å²) in [4.78, 5) is 12.2. The van der Waals surface area contributed by atoms with E-state index in [1.54, 1.807) is 6.08 Å². The third kappa shape index (κ3) is 4.88. The molecule has 9 heteroatoms. The molecule has 1 aromatic rings. The van der Waals surface area contributed by atoms with E-state index in [1.165, 1.54) is 31.0 Å². The van der Waals surface area contributed by atoms with Crippen molar-refractivity contribution in [3.63, 3.8) is 0 Å². The van der Waals surface area contributed by atoms with Gasteiger partial charge in [0.25, 0.3) is 0 Å². The summed E-state index contributed by atoms with van der Waals surface area (Å²) in [6.45, 7) is 4.27. The van der Waals surface area contributed by atoms with Crippen molar-refractivity contribution in [2.75, 3.05) is 17.3 Å². The van der Waals surface area contributed by atoms with Crippen LogP contribution in [0.15, 0.2) is 17.8 Å². The van der Waals surface area contributed by atoms with Gasteiger partial charge in [-0.1, -0.05) is 37.1 Å². The van der Waals surface area contributed by atoms with Crippen LogP contribution in [-0.4, -0.2) is 52.4 Å². The molecule has 7 nitrogen and oxygen atoms in total. The Hall–Kier alpha value is -1.35. The zero-order valence-corrected chi connectivity index (χ0v) is 16.5. The molecule has 26 heavy (non-hydrogen) atoms. The van der Waals surface area contributed by atoms with Crippen LogP contribution in [0.3, 0.4) is 0 Å². The molecule has 2 heterocycles. The monoisotopic (exact) mass is 398 g/mol. The largest absolute Gasteiger partial charge is 0.353 e. The molecule has 1 atom stereocenters. The standard InChI is InChI=1S/C17H26N4O3S2/c1-2-9-21-16(13-8-10-26(23,24)12-13)19-20-17(21)25-11-15(22)18-14-6-4-3-5-7-14/h2,13-14H,1,3-12H2,(H,18,22)/t13-/m0/s1. The Morgan fingerprint density at radius 3 is 2.69 bits per heavy atom. The summed E-state index contributed by atoms with van der Waals surface area (Å²) in [7, 11) is -2.99. The van der Waals surface area contributed by atoms with Crippen LogP contribution in [0.25, 0.3) is 0 Å². The summed E-state index contributed by atoms with van der Waals surface area (Å²) >= 11 is 1.34. The van der Waals surface area contributed by atoms with Gasteiger partial charge in [-0.25, -0.2) is 8.42 Å². The van der Waals surface area contributed by atoms with Crippen molar-refractivity contribution >= 4 is 27.5 Å². The SMILES string of the molecule is C=CCn1c(SCC(=O)NC2CCCCC2)nnc1[C@H]1CCS(=O)(=O)C1. The lowest BCUT2D eigenvalue weighted by atomic mass is 9.95. The van der Waals surface area contributed by atoms with E-state index in [2.05, 4.69) is 22.1 Å². The van der Waals surface area contributed by atoms with E-state index in [9.17, 15) is 13.2 Å². The predicted octanol–water partition coefficient (Wildman–Crippen LogP) is 1.91. The molecular weight excluding hydrogens is 372 g/mol. The Morgan fingerprint density at radius 1 is 1.27 bits per heavy atom. The zero-order valence-electron chi connectivity index (χ0n) is 14.9. The van der Waals surface area contributed by atoms with E-state index in [-0.39, 0.29) is 29.1 Å². The number of hydrogen-bond acceptors (Lipinski definition) is 6. The molecule has 0 aromatic carbocycles. The number of sulfone groups is 1. The Kier molecular flexibility index (Phi) is 6.39. The Balaban J connectivity index is 1.62. The molecule has 1 aliphatic carbocycles. The van der Waals surface area contributed by atoms with Crippen LogP contribution in [0.2, 0.25) is 0 Å². The molecule has 144 valence electrons. The van der Waals surface area contributed by atoms with E-state index >= 15 is 0 Å². The zero-order chi connectivity index (χ0) is 18.6. The van der Waals surface area contributed by atoms with Crippen molar-refractivity contribution in [1.82, 2.24) is 20.1 Å². The topological polar surface area (TPSA) is 93.9 Å². The van der Waals surface area contributed by atoms with Gasteiger partial charge in [-0.2, -0.15) is 0 Å². The van der Waals surface area contributed by atoms with Crippen LogP contribution in [0.1, 0.15) is 50.3 Å². The average molecular weight is 399 g/mol. The molecule has 0 radical (unpaired) electrons. The molecule has 0 bridgehead atoms. The number of rotatable bonds is 7. The third-order valence-corrected chi connectivity index (χ3v) is 7.69. The third-order valence-electron chi connectivity index (χ3n) is 4.96. The van der Waals surface area contributed by atoms with Crippen LogP contribution >= 0.6 is 11.8 Å². The number of nitrogens with one attached hydrogen (secondary N) is 1. The van der Waals surface area contributed by atoms with Gasteiger partial charge in [-0.3, -0.25) is 4.79 Å². The first kappa shape index (κ1) is 19.4. The summed E-state index contributed by atoms with van der Waals surface area (Å²) in [6, 6.07) is 0.294. The molecule has 2 aliphatic rings. The highest BCUT2D eigenvalue weighted by molar-refractivity contribution is 7.99. The van der Waals surface area contributed by atoms with Gasteiger partial charge >= 0.3 is 0 Å². The van der Waals surface area contributed by atoms with Crippen molar-refractivity contribution in [1.29, 1.82) is 0 Å². The fourth-order valence-corrected chi connectivity index (χ4v) is 6.16. The van der Waals surface area contributed by atoms with Gasteiger partial charge in [0.05, 0.1) is 17.3 Å². The smallest absolute Gasteiger partial charge is 0.230 e. The summed E-state index contributed by atoms with van der Waals surface area (Å²) in [5, 5.41) is 12.2. The molecule has 2 fully saturated rings. The molecule has 0 spiro atoms. The van der Waals surface area contributed by atoms with Crippen molar-refractivity contribution in [2.45, 2.75) is 62.2 Å². The lowest BCUT2D eigenvalue weighted by molar-refractivity contribution is -0.119. The summed E-state index contributed by atoms with van der Waals surface area (Å²) in [6.07, 6.45) is 8.05. The second-order valence-electron chi connectivity index (χ2n) is 7.03. The number of aromatic nitrogens is 3. The van der Waals surface area contributed by atoms with Gasteiger partial charge in [0.1, 0.15) is 5.82 Å². The summed E-state index contributed by atoms with van der Waals surface area (Å²) in [5.74, 6) is 1.17. The van der Waals surface area contributed by atoms with Crippen LogP contribution in [-0.2, 0) is 21.2 Å². The predicted molar refractivity (Wildman–Crippen MR) is 102 cm³/mol. The van der Waals surface area contributed by atoms with E-state index in [0.29, 0.717) is 30.0 Å². The van der Waals surface area contributed by atoms with Crippen molar-refractivity contribution < 1.29 is 13.2 Å². The van der Waals surface area contributed by atoms with Gasteiger partial charge in [-0.05, 0) is 19.3 Å². The first-order chi connectivity index (χ1) is 12.5. The lowest BCUT2D eigenvalue weighted by Gasteiger charge is -2.22. The average Bonchev–Trinajstić information content (AvgIpc) is 3.17. The maximum absolute atomic E-state index is 12.2. The number of carbonyl (C=O) groups is 1. The summed E-state index contributed by atoms with van der Waals surface area (Å²) < 4.78 is 25.4. The number of allylic oxidation sites excluding steroid dienone is 1. The van der Waals surface area contributed by atoms with Gasteiger partial charge < -0.3 is 9.88 Å². The second kappa shape index (κ2) is 8.56. The minimum Gasteiger partial charge on any atom is -0.353 e. The number of nitrogens with zero attached hydrogens (tertiary/aromatic N) is 3. The Morgan fingerprint density at radius 2 is 2.04 bits per heavy atom. The molecule has 1 saturated heterocycles. The fraction of sp³-hybridized carbons (Fsp3) is 0.706. The molecule has 1 aliphatic heterocycles. The minimum atomic E-state index is -2.99. The molecule has 1 saturated carbocycles. The van der Waals surface area contributed by atoms with Gasteiger partial charge in [0.2, 0.25) is 5.91 Å². The Labute approximate surface area is 158 Å². The lowest BCUT2D eigenvalue weighted by Crippen LogP contribution is -2.37. The van der Waals surface area contributed by atoms with Crippen molar-refractivity contribution in [3.05, 3.63) is 18.5 Å². The molecule has 1 N–H and O–H groups in total. The first-order valence-electron chi connectivity index (χ1n) is 9.15. The van der Waals surface area contributed by atoms with Gasteiger partial charge in [0, 0.05) is 18.5 Å². The van der Waals surface area contributed by atoms with Crippen LogP contribution in [0.4, 0.5) is 0 Å². The first-order valence-corrected chi connectivity index (χ1v) is 12.0. The Bertz CT molecular complexity index is 754. The molecule has 0 unspecified atom stereocenters. The normalized spacial score (nSPS) is 23.0. The highest BCUT2D eigenvalue weighted by Crippen LogP contribution is 2.30. The van der Waals surface area contributed by atoms with Crippen LogP contribution < -0.4 is 5.32 Å². The maximum atomic E-state index is 12.2. The van der Waals surface area contributed by atoms with E-state index in [1.807, 2.05) is 4.57 Å². The maximum Gasteiger partial charge on any atom is 0.230 e. The number of carbonyl (C=O) groups excluding carboxylic acids is 1. The van der Waals surface area contributed by atoms with E-state index < -0.39 is 9.84 Å². The van der Waals surface area contributed by atoms with Crippen LogP contribution in [0.5, 0.6) is 0 Å². The van der Waals surface area contributed by atoms with E-state index in [4.69, 9.17) is 0 Å². The number of amides is 1. The second-order valence-corrected chi connectivity index (χ2v) is 10.2. The molecular formula is C17H26N4O3S2. The highest BCUT2D eigenvalue weighted by Gasteiger charge is 2.33. The molecule has 1 amide bonds. The summed E-state index contributed by atoms with van der Waals surface area (Å²) in [5.41, 5.74) is 0. The van der Waals surface area contributed by atoms with E-state index in [0.717, 1.165) is 12.8 Å². The molecule has 1 aromatic heterocycles. The van der Waals surface area contributed by atoms with Crippen LogP contribution in [0, 0.1) is 0 Å². The van der Waals surface area contributed by atoms with Crippen molar-refractivity contribution in [2.24, 2.45) is 0 Å². The highest BCUT2D eigenvalue weighted by atomic mass is 32.2. The number of hydrogen-bond donors (Lipinski definition) is 1. The van der Waals surface area contributed by atoms with Crippen molar-refractivity contribution in [3.8, 4) is 0 Å². The van der Waals surface area contributed by atoms with Gasteiger partial charge in [-0.15, -0.1) is 16.8 Å². The van der Waals surface area contributed by atoms with Gasteiger partial charge in [0.15, 0.2) is 15.0 Å². The number of thioether (sulfide) groups is 1.